The number of primary amides is 1. The molecule has 0 bridgehead atoms. The van der Waals surface area contributed by atoms with E-state index in [1.54, 1.807) is 0 Å². The van der Waals surface area contributed by atoms with Gasteiger partial charge in [-0.25, -0.2) is 4.39 Å². The fraction of sp³-hybridized carbons (Fsp3) is 0.480. The van der Waals surface area contributed by atoms with Gasteiger partial charge in [-0.15, -0.1) is 0 Å². The fourth-order valence-electron chi connectivity index (χ4n) is 4.97. The monoisotopic (exact) mass is 542 g/mol. The van der Waals surface area contributed by atoms with Crippen molar-refractivity contribution in [1.29, 1.82) is 0 Å². The number of nitrogens with zero attached hydrogens (tertiary/aromatic N) is 2. The van der Waals surface area contributed by atoms with Crippen molar-refractivity contribution in [3.8, 4) is 5.75 Å². The number of carbonyl (C=O) groups excluding carboxylic acids is 2. The lowest BCUT2D eigenvalue weighted by atomic mass is 9.77. The number of hydrogen-bond donors (Lipinski definition) is 2. The zero-order valence-electron chi connectivity index (χ0n) is 20.8. The van der Waals surface area contributed by atoms with E-state index in [-0.39, 0.29) is 16.9 Å². The Labute approximate surface area is 215 Å². The van der Waals surface area contributed by atoms with Crippen molar-refractivity contribution in [2.75, 3.05) is 25.5 Å². The van der Waals surface area contributed by atoms with Gasteiger partial charge in [0.1, 0.15) is 17.9 Å². The van der Waals surface area contributed by atoms with Crippen molar-refractivity contribution in [3.05, 3.63) is 53.4 Å². The number of carbonyl (C=O) groups is 2. The molecule has 0 aliphatic carbocycles. The zero-order valence-corrected chi connectivity index (χ0v) is 20.8. The van der Waals surface area contributed by atoms with Gasteiger partial charge in [0.15, 0.2) is 17.2 Å². The summed E-state index contributed by atoms with van der Waals surface area (Å²) in [5, 5.41) is 2.42. The van der Waals surface area contributed by atoms with E-state index < -0.39 is 65.0 Å². The van der Waals surface area contributed by atoms with Gasteiger partial charge in [0.2, 0.25) is 5.82 Å². The molecule has 2 saturated heterocycles. The Morgan fingerprint density at radius 1 is 1.26 bits per heavy atom. The fourth-order valence-corrected chi connectivity index (χ4v) is 4.97. The summed E-state index contributed by atoms with van der Waals surface area (Å²) in [5.74, 6) is -7.79. The number of nitrogens with one attached hydrogen (secondary N) is 1. The third-order valence-corrected chi connectivity index (χ3v) is 7.28. The van der Waals surface area contributed by atoms with Gasteiger partial charge in [0.05, 0.1) is 0 Å². The first-order valence-corrected chi connectivity index (χ1v) is 11.9. The Kier molecular flexibility index (Phi) is 7.36. The highest BCUT2D eigenvalue weighted by Crippen LogP contribution is 2.55. The van der Waals surface area contributed by atoms with Crippen LogP contribution in [0, 0.1) is 17.6 Å². The van der Waals surface area contributed by atoms with E-state index in [0.717, 1.165) is 25.1 Å². The van der Waals surface area contributed by atoms with Crippen LogP contribution >= 0.6 is 0 Å². The maximum absolute atomic E-state index is 15.1. The first kappa shape index (κ1) is 27.7. The number of hydrogen-bond acceptors (Lipinski definition) is 6. The van der Waals surface area contributed by atoms with E-state index >= 15 is 4.39 Å². The van der Waals surface area contributed by atoms with Crippen LogP contribution in [0.1, 0.15) is 42.2 Å². The minimum atomic E-state index is -4.90. The Balaban J connectivity index is 1.76. The molecule has 2 aliphatic rings. The predicted molar refractivity (Wildman–Crippen MR) is 126 cm³/mol. The first-order valence-electron chi connectivity index (χ1n) is 11.9. The van der Waals surface area contributed by atoms with Crippen LogP contribution in [0.15, 0.2) is 30.5 Å². The highest BCUT2D eigenvalue weighted by Gasteiger charge is 2.66. The van der Waals surface area contributed by atoms with E-state index in [2.05, 4.69) is 10.3 Å². The van der Waals surface area contributed by atoms with Crippen LogP contribution in [0.2, 0.25) is 0 Å². The molecule has 2 aliphatic heterocycles. The number of pyridine rings is 1. The van der Waals surface area contributed by atoms with Gasteiger partial charge in [0.25, 0.3) is 11.8 Å². The van der Waals surface area contributed by atoms with Gasteiger partial charge in [-0.1, -0.05) is 13.0 Å². The maximum Gasteiger partial charge on any atom is 0.417 e. The van der Waals surface area contributed by atoms with Crippen molar-refractivity contribution in [3.63, 3.8) is 0 Å². The van der Waals surface area contributed by atoms with Crippen LogP contribution in [-0.4, -0.2) is 65.8 Å². The number of aromatic nitrogens is 1. The van der Waals surface area contributed by atoms with E-state index in [4.69, 9.17) is 15.2 Å². The van der Waals surface area contributed by atoms with Crippen LogP contribution in [0.3, 0.4) is 0 Å². The molecule has 0 spiro atoms. The van der Waals surface area contributed by atoms with Gasteiger partial charge >= 0.3 is 6.18 Å². The molecule has 13 heteroatoms. The molecule has 2 fully saturated rings. The topological polar surface area (TPSA) is 107 Å². The molecule has 8 nitrogen and oxygen atoms in total. The number of rotatable bonds is 6. The van der Waals surface area contributed by atoms with Crippen LogP contribution in [0.4, 0.5) is 27.6 Å². The Hall–Kier alpha value is -3.32. The van der Waals surface area contributed by atoms with E-state index in [0.29, 0.717) is 19.5 Å². The van der Waals surface area contributed by atoms with Crippen molar-refractivity contribution in [2.45, 2.75) is 50.2 Å². The van der Waals surface area contributed by atoms with Crippen molar-refractivity contribution < 1.29 is 41.0 Å². The van der Waals surface area contributed by atoms with Gasteiger partial charge < -0.3 is 25.4 Å². The van der Waals surface area contributed by atoms with E-state index in [9.17, 15) is 27.2 Å². The molecule has 0 saturated carbocycles. The molecule has 2 amide bonds. The normalized spacial score (nSPS) is 27.9. The van der Waals surface area contributed by atoms with Crippen LogP contribution in [-0.2, 0) is 9.53 Å². The third-order valence-electron chi connectivity index (χ3n) is 7.28. The molecule has 1 aromatic heterocycles. The van der Waals surface area contributed by atoms with Crippen LogP contribution in [0.25, 0.3) is 0 Å². The second-order valence-electron chi connectivity index (χ2n) is 9.81. The molecule has 206 valence electrons. The van der Waals surface area contributed by atoms with E-state index in [1.807, 2.05) is 11.9 Å². The minimum Gasteiger partial charge on any atom is -0.486 e. The third kappa shape index (κ3) is 5.04. The number of alkyl halides is 3. The first-order chi connectivity index (χ1) is 17.7. The maximum atomic E-state index is 15.1. The van der Waals surface area contributed by atoms with Crippen molar-refractivity contribution in [2.24, 2.45) is 11.7 Å². The molecular formula is C25H27F5N4O4. The summed E-state index contributed by atoms with van der Waals surface area (Å²) in [6, 6.07) is 4.37. The molecule has 2 aromatic rings. The second-order valence-corrected chi connectivity index (χ2v) is 9.81. The molecule has 5 atom stereocenters. The highest BCUT2D eigenvalue weighted by molar-refractivity contribution is 5.97. The molecular weight excluding hydrogens is 515 g/mol. The van der Waals surface area contributed by atoms with Gasteiger partial charge in [-0.3, -0.25) is 14.6 Å². The summed E-state index contributed by atoms with van der Waals surface area (Å²) in [5.41, 5.74) is 2.14. The molecule has 3 heterocycles. The Bertz CT molecular complexity index is 1240. The Morgan fingerprint density at radius 2 is 1.97 bits per heavy atom. The summed E-state index contributed by atoms with van der Waals surface area (Å²) in [4.78, 5) is 30.4. The number of halogens is 5. The summed E-state index contributed by atoms with van der Waals surface area (Å²) in [7, 11) is 1.82. The number of anilines is 1. The van der Waals surface area contributed by atoms with Gasteiger partial charge in [0, 0.05) is 42.4 Å². The Morgan fingerprint density at radius 3 is 2.58 bits per heavy atom. The number of ether oxygens (including phenoxy) is 2. The SMILES string of the molecule is C[C@H]1[C@@H](c2ccc(F)c(F)c2O[C@@H]2CCN(C)C2)[C@H](C(=O)Nc2ccnc(C(N)=O)c2)O[C@@]1(C)C(F)(F)F. The van der Waals surface area contributed by atoms with Crippen molar-refractivity contribution in [1.82, 2.24) is 9.88 Å². The number of likely N-dealkylation sites (N-methyl/N-ethyl adjacent to an activating group) is 1. The number of amides is 2. The summed E-state index contributed by atoms with van der Waals surface area (Å²) >= 11 is 0. The molecule has 0 unspecified atom stereocenters. The van der Waals surface area contributed by atoms with Gasteiger partial charge in [-0.05, 0) is 38.6 Å². The summed E-state index contributed by atoms with van der Waals surface area (Å²) < 4.78 is 83.2. The smallest absolute Gasteiger partial charge is 0.417 e. The van der Waals surface area contributed by atoms with Crippen molar-refractivity contribution >= 4 is 17.5 Å². The van der Waals surface area contributed by atoms with E-state index in [1.165, 1.54) is 19.2 Å². The second kappa shape index (κ2) is 10.1. The number of benzene rings is 1. The zero-order chi connectivity index (χ0) is 28.0. The quantitative estimate of drug-likeness (QED) is 0.541. The summed E-state index contributed by atoms with van der Waals surface area (Å²) in [6.45, 7) is 3.08. The lowest BCUT2D eigenvalue weighted by Gasteiger charge is -2.32. The largest absolute Gasteiger partial charge is 0.486 e. The van der Waals surface area contributed by atoms with Crippen LogP contribution in [0.5, 0.6) is 5.75 Å². The summed E-state index contributed by atoms with van der Waals surface area (Å²) in [6.07, 6.45) is -5.52. The molecule has 0 radical (unpaired) electrons. The minimum absolute atomic E-state index is 0.0326. The lowest BCUT2D eigenvalue weighted by Crippen LogP contribution is -2.47. The molecule has 38 heavy (non-hydrogen) atoms. The predicted octanol–water partition coefficient (Wildman–Crippen LogP) is 3.62. The highest BCUT2D eigenvalue weighted by atomic mass is 19.4. The van der Waals surface area contributed by atoms with Gasteiger partial charge in [-0.2, -0.15) is 17.6 Å². The number of nitrogens with two attached hydrogens (primary N) is 1. The average molecular weight is 543 g/mol. The molecule has 4 rings (SSSR count). The standard InChI is InChI=1S/C25H27F5N4O4/c1-12-18(15-4-5-16(26)19(27)20(15)37-14-7-9-34(3)11-14)21(38-24(12,2)25(28,29)30)23(36)33-13-6-8-32-17(10-13)22(31)35/h4-6,8,10,12,14,18,21H,7,9,11H2,1-3H3,(H2,31,35)(H,32,33,36)/t12-,14+,18-,21+,24+/m0/s1. The molecule has 3 N–H and O–H groups in total. The van der Waals surface area contributed by atoms with Crippen LogP contribution < -0.4 is 15.8 Å². The molecule has 1 aromatic carbocycles. The number of likely N-dealkylation sites (tertiary alicyclic amines) is 1. The lowest BCUT2D eigenvalue weighted by molar-refractivity contribution is -0.272. The average Bonchev–Trinajstić information content (AvgIpc) is 3.38.